The Hall–Kier alpha value is -0.410. The highest BCUT2D eigenvalue weighted by atomic mass is 35.5. The zero-order valence-corrected chi connectivity index (χ0v) is 15.8. The molecule has 1 saturated carbocycles. The third kappa shape index (κ3) is 8.30. The van der Waals surface area contributed by atoms with Gasteiger partial charge in [0.15, 0.2) is 0 Å². The molecule has 1 aromatic rings. The summed E-state index contributed by atoms with van der Waals surface area (Å²) in [7, 11) is 2.52. The molecule has 2 N–H and O–H groups in total. The molecule has 0 amide bonds. The number of halogens is 1. The number of aliphatic hydroxyl groups is 1. The number of nitrogens with zero attached hydrogens (tertiary/aromatic N) is 1. The van der Waals surface area contributed by atoms with Gasteiger partial charge in [0, 0.05) is 25.4 Å². The minimum atomic E-state index is -0.229. The van der Waals surface area contributed by atoms with Crippen molar-refractivity contribution in [2.45, 2.75) is 44.8 Å². The average molecular weight is 361 g/mol. The third-order valence-corrected chi connectivity index (χ3v) is 5.88. The van der Waals surface area contributed by atoms with Gasteiger partial charge in [0.25, 0.3) is 0 Å². The highest BCUT2D eigenvalue weighted by molar-refractivity contribution is 7.38. The van der Waals surface area contributed by atoms with E-state index in [0.717, 1.165) is 32.8 Å². The van der Waals surface area contributed by atoms with E-state index in [1.165, 1.54) is 38.3 Å². The molecule has 4 nitrogen and oxygen atoms in total. The van der Waals surface area contributed by atoms with E-state index in [4.69, 9.17) is 4.74 Å². The first-order chi connectivity index (χ1) is 10.8. The van der Waals surface area contributed by atoms with Gasteiger partial charge in [-0.05, 0) is 23.8 Å². The molecule has 132 valence electrons. The summed E-state index contributed by atoms with van der Waals surface area (Å²) in [5, 5.41) is 13.3. The first-order valence-electron chi connectivity index (χ1n) is 8.36. The van der Waals surface area contributed by atoms with Gasteiger partial charge >= 0.3 is 0 Å². The summed E-state index contributed by atoms with van der Waals surface area (Å²) in [6.45, 7) is 1.39. The van der Waals surface area contributed by atoms with Gasteiger partial charge in [0.2, 0.25) is 5.88 Å². The largest absolute Gasteiger partial charge is 0.481 e. The highest BCUT2D eigenvalue weighted by Crippen LogP contribution is 2.29. The standard InChI is InChI=1S/C17H29N2O2P.ClH/c1-21-17-8-7-15(10-19-17)9-18-11-16(20)13-22-12-14-5-3-2-4-6-14;/h7-8,10,14,16,18,20,22H,2-6,9,11-13H2,1H3;1H/t16-;/m0./s1. The second kappa shape index (κ2) is 12.0. The maximum Gasteiger partial charge on any atom is 0.212 e. The van der Waals surface area contributed by atoms with Crippen LogP contribution in [0.4, 0.5) is 0 Å². The predicted octanol–water partition coefficient (Wildman–Crippen LogP) is 3.22. The van der Waals surface area contributed by atoms with Crippen LogP contribution in [0, 0.1) is 5.92 Å². The van der Waals surface area contributed by atoms with Gasteiger partial charge in [-0.15, -0.1) is 21.0 Å². The summed E-state index contributed by atoms with van der Waals surface area (Å²) in [6.07, 6.45) is 10.9. The van der Waals surface area contributed by atoms with Crippen LogP contribution >= 0.6 is 21.0 Å². The molecule has 1 aromatic heterocycles. The van der Waals surface area contributed by atoms with Gasteiger partial charge in [-0.3, -0.25) is 0 Å². The zero-order valence-electron chi connectivity index (χ0n) is 14.0. The molecular formula is C17H30ClN2O2P. The van der Waals surface area contributed by atoms with Crippen molar-refractivity contribution >= 4 is 21.0 Å². The molecule has 0 saturated heterocycles. The number of aliphatic hydroxyl groups excluding tert-OH is 1. The Morgan fingerprint density at radius 1 is 1.35 bits per heavy atom. The van der Waals surface area contributed by atoms with E-state index in [1.54, 1.807) is 7.11 Å². The molecule has 0 bridgehead atoms. The minimum Gasteiger partial charge on any atom is -0.481 e. The molecule has 23 heavy (non-hydrogen) atoms. The Kier molecular flexibility index (Phi) is 10.8. The van der Waals surface area contributed by atoms with E-state index in [1.807, 2.05) is 18.3 Å². The van der Waals surface area contributed by atoms with Gasteiger partial charge in [-0.2, -0.15) is 0 Å². The van der Waals surface area contributed by atoms with Gasteiger partial charge in [-0.25, -0.2) is 4.98 Å². The van der Waals surface area contributed by atoms with E-state index in [9.17, 15) is 5.11 Å². The fourth-order valence-electron chi connectivity index (χ4n) is 2.94. The van der Waals surface area contributed by atoms with Crippen molar-refractivity contribution in [1.82, 2.24) is 10.3 Å². The molecule has 0 aromatic carbocycles. The highest BCUT2D eigenvalue weighted by Gasteiger charge is 2.13. The van der Waals surface area contributed by atoms with E-state index < -0.39 is 0 Å². The molecule has 1 heterocycles. The summed E-state index contributed by atoms with van der Waals surface area (Å²) < 4.78 is 5.04. The number of pyridine rings is 1. The second-order valence-electron chi connectivity index (χ2n) is 6.16. The Bertz CT molecular complexity index is 414. The van der Waals surface area contributed by atoms with Crippen LogP contribution in [0.25, 0.3) is 0 Å². The van der Waals surface area contributed by atoms with Crippen LogP contribution in [-0.2, 0) is 6.54 Å². The van der Waals surface area contributed by atoms with Crippen LogP contribution < -0.4 is 10.1 Å². The number of hydrogen-bond acceptors (Lipinski definition) is 4. The van der Waals surface area contributed by atoms with Gasteiger partial charge in [0.05, 0.1) is 13.2 Å². The van der Waals surface area contributed by atoms with Crippen LogP contribution in [0.2, 0.25) is 0 Å². The SMILES string of the molecule is COc1ccc(CNC[C@H](O)CPCC2CCCCC2)cn1.Cl. The molecule has 0 aliphatic heterocycles. The molecule has 1 aliphatic rings. The third-order valence-electron chi connectivity index (χ3n) is 4.25. The van der Waals surface area contributed by atoms with Crippen LogP contribution in [0.1, 0.15) is 37.7 Å². The van der Waals surface area contributed by atoms with Crippen molar-refractivity contribution in [3.63, 3.8) is 0 Å². The first kappa shape index (κ1) is 20.6. The molecule has 2 atom stereocenters. The number of nitrogens with one attached hydrogen (secondary N) is 1. The van der Waals surface area contributed by atoms with Crippen molar-refractivity contribution in [3.8, 4) is 5.88 Å². The molecular weight excluding hydrogens is 331 g/mol. The van der Waals surface area contributed by atoms with Crippen LogP contribution in [-0.4, -0.2) is 42.2 Å². The minimum absolute atomic E-state index is 0. The summed E-state index contributed by atoms with van der Waals surface area (Å²) in [6, 6.07) is 3.86. The number of ether oxygens (including phenoxy) is 1. The molecule has 0 spiro atoms. The Balaban J connectivity index is 0.00000264. The molecule has 0 radical (unpaired) electrons. The summed E-state index contributed by atoms with van der Waals surface area (Å²) >= 11 is 0. The summed E-state index contributed by atoms with van der Waals surface area (Å²) in [5.74, 6) is 1.56. The van der Waals surface area contributed by atoms with Crippen molar-refractivity contribution in [3.05, 3.63) is 23.9 Å². The van der Waals surface area contributed by atoms with Crippen molar-refractivity contribution < 1.29 is 9.84 Å². The van der Waals surface area contributed by atoms with E-state index in [2.05, 4.69) is 10.3 Å². The lowest BCUT2D eigenvalue weighted by Crippen LogP contribution is -2.28. The number of hydrogen-bond donors (Lipinski definition) is 2. The predicted molar refractivity (Wildman–Crippen MR) is 100 cm³/mol. The molecule has 1 aliphatic carbocycles. The fraction of sp³-hybridized carbons (Fsp3) is 0.706. The van der Waals surface area contributed by atoms with E-state index in [0.29, 0.717) is 12.4 Å². The Morgan fingerprint density at radius 2 is 2.13 bits per heavy atom. The maximum absolute atomic E-state index is 10.0. The molecule has 2 rings (SSSR count). The van der Waals surface area contributed by atoms with E-state index in [-0.39, 0.29) is 18.5 Å². The van der Waals surface area contributed by atoms with Crippen molar-refractivity contribution in [2.24, 2.45) is 5.92 Å². The van der Waals surface area contributed by atoms with Crippen molar-refractivity contribution in [1.29, 1.82) is 0 Å². The van der Waals surface area contributed by atoms with Crippen LogP contribution in [0.15, 0.2) is 18.3 Å². The average Bonchev–Trinajstić information content (AvgIpc) is 2.56. The maximum atomic E-state index is 10.0. The number of rotatable bonds is 9. The first-order valence-corrected chi connectivity index (χ1v) is 9.77. The van der Waals surface area contributed by atoms with Gasteiger partial charge < -0.3 is 15.2 Å². The van der Waals surface area contributed by atoms with E-state index >= 15 is 0 Å². The Labute approximate surface area is 148 Å². The smallest absolute Gasteiger partial charge is 0.212 e. The lowest BCUT2D eigenvalue weighted by molar-refractivity contribution is 0.194. The monoisotopic (exact) mass is 360 g/mol. The molecule has 6 heteroatoms. The Morgan fingerprint density at radius 3 is 2.78 bits per heavy atom. The number of methoxy groups -OCH3 is 1. The summed E-state index contributed by atoms with van der Waals surface area (Å²) in [5.41, 5.74) is 1.11. The van der Waals surface area contributed by atoms with Gasteiger partial charge in [-0.1, -0.05) is 38.2 Å². The fourth-order valence-corrected chi connectivity index (χ4v) is 4.40. The van der Waals surface area contributed by atoms with Crippen LogP contribution in [0.5, 0.6) is 5.88 Å². The lowest BCUT2D eigenvalue weighted by atomic mass is 9.91. The van der Waals surface area contributed by atoms with Crippen molar-refractivity contribution in [2.75, 3.05) is 26.0 Å². The zero-order chi connectivity index (χ0) is 15.6. The number of aromatic nitrogens is 1. The normalized spacial score (nSPS) is 17.1. The second-order valence-corrected chi connectivity index (χ2v) is 7.47. The molecule has 1 unspecified atom stereocenters. The molecule has 1 fully saturated rings. The topological polar surface area (TPSA) is 54.4 Å². The quantitative estimate of drug-likeness (QED) is 0.664. The lowest BCUT2D eigenvalue weighted by Gasteiger charge is -2.22. The van der Waals surface area contributed by atoms with Gasteiger partial charge in [0.1, 0.15) is 0 Å². The summed E-state index contributed by atoms with van der Waals surface area (Å²) in [4.78, 5) is 4.17. The van der Waals surface area contributed by atoms with Crippen LogP contribution in [0.3, 0.4) is 0 Å².